The first-order valence-electron chi connectivity index (χ1n) is 4.86. The minimum absolute atomic E-state index is 0.0681. The summed E-state index contributed by atoms with van der Waals surface area (Å²) >= 11 is 0. The molecule has 0 spiro atoms. The summed E-state index contributed by atoms with van der Waals surface area (Å²) < 4.78 is 1.36. The molecule has 92 valence electrons. The maximum Gasteiger partial charge on any atom is 0.387 e. The van der Waals surface area contributed by atoms with Crippen molar-refractivity contribution in [1.29, 1.82) is 0 Å². The first-order valence-corrected chi connectivity index (χ1v) is 4.86. The molecule has 7 heteroatoms. The zero-order valence-corrected chi connectivity index (χ0v) is 9.52. The number of aliphatic hydroxyl groups excluding tert-OH is 1. The smallest absolute Gasteiger partial charge is 0.387 e. The average molecular weight is 240 g/mol. The number of rotatable bonds is 3. The standard InChI is InChI=1S/C10H13N3O4/c1-11-7(15)5-12-10(17)8-9(16)6(14)3-4-13(8)2/h3-4,16H,5H2,1-2H3,(H,11,15)(H,12,17)/p+1. The van der Waals surface area contributed by atoms with Gasteiger partial charge in [0, 0.05) is 26.4 Å². The monoisotopic (exact) mass is 240 g/mol. The van der Waals surface area contributed by atoms with E-state index in [2.05, 4.69) is 10.3 Å². The van der Waals surface area contributed by atoms with Crippen molar-refractivity contribution in [2.75, 3.05) is 13.6 Å². The van der Waals surface area contributed by atoms with Crippen molar-refractivity contribution in [2.24, 2.45) is 7.05 Å². The maximum absolute atomic E-state index is 11.2. The van der Waals surface area contributed by atoms with Gasteiger partial charge in [0.1, 0.15) is 0 Å². The minimum Gasteiger partial charge on any atom is -0.502 e. The number of nitrogens with zero attached hydrogens (tertiary/aromatic N) is 1. The molecule has 0 aliphatic carbocycles. The van der Waals surface area contributed by atoms with Gasteiger partial charge in [0.05, 0.1) is 0 Å². The summed E-state index contributed by atoms with van der Waals surface area (Å²) in [4.78, 5) is 24.6. The molecule has 0 fully saturated rings. The predicted molar refractivity (Wildman–Crippen MR) is 60.0 cm³/mol. The van der Waals surface area contributed by atoms with Gasteiger partial charge in [-0.2, -0.15) is 4.99 Å². The molecule has 1 heterocycles. The van der Waals surface area contributed by atoms with E-state index in [1.165, 1.54) is 23.9 Å². The molecule has 0 atom stereocenters. The summed E-state index contributed by atoms with van der Waals surface area (Å²) in [5.74, 6) is -1.35. The summed E-state index contributed by atoms with van der Waals surface area (Å²) in [6, 6.07) is 1.17. The highest BCUT2D eigenvalue weighted by Gasteiger charge is 2.19. The number of aromatic nitrogens is 1. The molecule has 0 aliphatic heterocycles. The van der Waals surface area contributed by atoms with E-state index >= 15 is 0 Å². The molecule has 0 aromatic carbocycles. The largest absolute Gasteiger partial charge is 0.502 e. The van der Waals surface area contributed by atoms with Crippen molar-refractivity contribution in [2.45, 2.75) is 0 Å². The van der Waals surface area contributed by atoms with Crippen LogP contribution in [0.15, 0.2) is 17.1 Å². The lowest BCUT2D eigenvalue weighted by atomic mass is 10.3. The van der Waals surface area contributed by atoms with Crippen molar-refractivity contribution in [3.63, 3.8) is 0 Å². The molecule has 0 saturated carbocycles. The van der Waals surface area contributed by atoms with Crippen LogP contribution >= 0.6 is 0 Å². The van der Waals surface area contributed by atoms with Gasteiger partial charge in [-0.25, -0.2) is 0 Å². The normalized spacial score (nSPS) is 11.3. The van der Waals surface area contributed by atoms with E-state index < -0.39 is 17.1 Å². The fourth-order valence-electron chi connectivity index (χ4n) is 1.23. The molecule has 0 bridgehead atoms. The molecule has 1 amide bonds. The zero-order chi connectivity index (χ0) is 13.0. The summed E-state index contributed by atoms with van der Waals surface area (Å²) in [5, 5.41) is 21.5. The number of hydrogen-bond acceptors (Lipinski definition) is 3. The number of aliphatic hydroxyl groups is 1. The van der Waals surface area contributed by atoms with Crippen molar-refractivity contribution in [3.8, 4) is 5.75 Å². The SMILES string of the molecule is CNC(=O)C[NH+]=C(O)c1c(O)c(=O)ccn1C. The lowest BCUT2D eigenvalue weighted by molar-refractivity contribution is -0.453. The van der Waals surface area contributed by atoms with Crippen molar-refractivity contribution in [1.82, 2.24) is 9.88 Å². The first kappa shape index (κ1) is 12.8. The third-order valence-electron chi connectivity index (χ3n) is 2.18. The van der Waals surface area contributed by atoms with Crippen LogP contribution in [0.3, 0.4) is 0 Å². The fourth-order valence-corrected chi connectivity index (χ4v) is 1.23. The highest BCUT2D eigenvalue weighted by atomic mass is 16.3. The van der Waals surface area contributed by atoms with Crippen LogP contribution in [0.2, 0.25) is 0 Å². The highest BCUT2D eigenvalue weighted by molar-refractivity contribution is 5.89. The number of amides is 1. The average Bonchev–Trinajstić information content (AvgIpc) is 2.31. The van der Waals surface area contributed by atoms with Gasteiger partial charge in [0.15, 0.2) is 11.4 Å². The van der Waals surface area contributed by atoms with E-state index in [-0.39, 0.29) is 18.1 Å². The van der Waals surface area contributed by atoms with Crippen LogP contribution in [0.4, 0.5) is 0 Å². The fraction of sp³-hybridized carbons (Fsp3) is 0.300. The Hall–Kier alpha value is -2.31. The number of hydrogen-bond donors (Lipinski definition) is 4. The Kier molecular flexibility index (Phi) is 3.86. The Morgan fingerprint density at radius 1 is 1.59 bits per heavy atom. The van der Waals surface area contributed by atoms with E-state index in [4.69, 9.17) is 0 Å². The number of carbonyl (C=O) groups excluding carboxylic acids is 1. The van der Waals surface area contributed by atoms with E-state index in [9.17, 15) is 19.8 Å². The number of aromatic hydroxyl groups is 1. The molecule has 4 N–H and O–H groups in total. The molecule has 7 nitrogen and oxygen atoms in total. The molecule has 0 saturated heterocycles. The lowest BCUT2D eigenvalue weighted by Crippen LogP contribution is -2.76. The molecule has 1 aromatic rings. The lowest BCUT2D eigenvalue weighted by Gasteiger charge is -2.04. The van der Waals surface area contributed by atoms with Gasteiger partial charge in [-0.3, -0.25) is 9.59 Å². The molecule has 0 aliphatic rings. The van der Waals surface area contributed by atoms with Gasteiger partial charge in [-0.15, -0.1) is 0 Å². The Morgan fingerprint density at radius 3 is 2.82 bits per heavy atom. The van der Waals surface area contributed by atoms with Gasteiger partial charge in [0.25, 0.3) is 5.91 Å². The molecule has 1 aromatic heterocycles. The van der Waals surface area contributed by atoms with Gasteiger partial charge in [-0.1, -0.05) is 0 Å². The predicted octanol–water partition coefficient (Wildman–Crippen LogP) is -2.78. The van der Waals surface area contributed by atoms with Crippen molar-refractivity contribution < 1.29 is 20.0 Å². The maximum atomic E-state index is 11.2. The second-order valence-electron chi connectivity index (χ2n) is 3.36. The number of pyridine rings is 1. The van der Waals surface area contributed by atoms with Crippen LogP contribution in [0.5, 0.6) is 5.75 Å². The molecule has 0 unspecified atom stereocenters. The van der Waals surface area contributed by atoms with E-state index in [0.29, 0.717) is 0 Å². The van der Waals surface area contributed by atoms with Crippen LogP contribution in [-0.4, -0.2) is 40.2 Å². The van der Waals surface area contributed by atoms with E-state index in [0.717, 1.165) is 0 Å². The van der Waals surface area contributed by atoms with Crippen LogP contribution in [0.1, 0.15) is 5.69 Å². The van der Waals surface area contributed by atoms with Gasteiger partial charge >= 0.3 is 5.90 Å². The quantitative estimate of drug-likeness (QED) is 0.339. The minimum atomic E-state index is -0.605. The van der Waals surface area contributed by atoms with Crippen LogP contribution < -0.4 is 15.7 Å². The Labute approximate surface area is 97.0 Å². The van der Waals surface area contributed by atoms with E-state index in [1.54, 1.807) is 7.05 Å². The molecule has 17 heavy (non-hydrogen) atoms. The molecule has 1 rings (SSSR count). The molecular weight excluding hydrogens is 226 g/mol. The summed E-state index contributed by atoms with van der Waals surface area (Å²) in [6.45, 7) is -0.162. The zero-order valence-electron chi connectivity index (χ0n) is 9.52. The Morgan fingerprint density at radius 2 is 2.24 bits per heavy atom. The first-order chi connectivity index (χ1) is 7.97. The number of nitrogens with one attached hydrogen (secondary N) is 2. The van der Waals surface area contributed by atoms with Crippen LogP contribution in [0, 0.1) is 0 Å². The topological polar surface area (TPSA) is 106 Å². The Balaban J connectivity index is 3.12. The second kappa shape index (κ2) is 5.15. The van der Waals surface area contributed by atoms with Crippen molar-refractivity contribution >= 4 is 11.8 Å². The summed E-state index contributed by atoms with van der Waals surface area (Å²) in [5.41, 5.74) is -0.673. The van der Waals surface area contributed by atoms with E-state index in [1.807, 2.05) is 0 Å². The van der Waals surface area contributed by atoms with Crippen molar-refractivity contribution in [3.05, 3.63) is 28.2 Å². The molecular formula is C10H14N3O4+. The molecule has 0 radical (unpaired) electrons. The van der Waals surface area contributed by atoms with Gasteiger partial charge in [0.2, 0.25) is 12.0 Å². The second-order valence-corrected chi connectivity index (χ2v) is 3.36. The van der Waals surface area contributed by atoms with Gasteiger partial charge < -0.3 is 20.1 Å². The van der Waals surface area contributed by atoms with Gasteiger partial charge in [-0.05, 0) is 0 Å². The van der Waals surface area contributed by atoms with Crippen LogP contribution in [-0.2, 0) is 11.8 Å². The Bertz CT molecular complexity index is 519. The number of carbonyl (C=O) groups is 1. The third kappa shape index (κ3) is 2.83. The summed E-state index contributed by atoms with van der Waals surface area (Å²) in [7, 11) is 3.00. The van der Waals surface area contributed by atoms with Crippen LogP contribution in [0.25, 0.3) is 0 Å². The number of aryl methyl sites for hydroxylation is 1. The third-order valence-corrected chi connectivity index (χ3v) is 2.18. The summed E-state index contributed by atoms with van der Waals surface area (Å²) in [6.07, 6.45) is 1.40. The highest BCUT2D eigenvalue weighted by Crippen LogP contribution is 2.07. The number of likely N-dealkylation sites (N-methyl/N-ethyl adjacent to an activating group) is 1.